The van der Waals surface area contributed by atoms with Crippen LogP contribution < -0.4 is 9.46 Å². The number of unbranched alkanes of at least 4 members (excludes halogenated alkanes) is 3. The van der Waals surface area contributed by atoms with Gasteiger partial charge >= 0.3 is 0 Å². The maximum Gasteiger partial charge on any atom is 0.262 e. The van der Waals surface area contributed by atoms with E-state index in [1.165, 1.54) is 19.3 Å². The number of aryl methyl sites for hydroxylation is 1. The Hall–Kier alpha value is -2.79. The average Bonchev–Trinajstić information content (AvgIpc) is 2.74. The van der Waals surface area contributed by atoms with Crippen molar-refractivity contribution in [1.82, 2.24) is 0 Å². The van der Waals surface area contributed by atoms with Gasteiger partial charge in [0.2, 0.25) is 0 Å². The smallest absolute Gasteiger partial charge is 0.262 e. The SMILES string of the molecule is CCCCCCc1ccc(S(=O)(=O)Nc2ccccc2Oc2ccccc2)cc1. The second-order valence-corrected chi connectivity index (χ2v) is 8.65. The quantitative estimate of drug-likeness (QED) is 0.394. The Labute approximate surface area is 173 Å². The van der Waals surface area contributed by atoms with Crippen molar-refractivity contribution in [1.29, 1.82) is 0 Å². The highest BCUT2D eigenvalue weighted by Crippen LogP contribution is 2.30. The molecule has 3 aromatic rings. The molecule has 3 aromatic carbocycles. The van der Waals surface area contributed by atoms with E-state index in [2.05, 4.69) is 11.6 Å². The number of sulfonamides is 1. The van der Waals surface area contributed by atoms with Gasteiger partial charge in [0.05, 0.1) is 10.6 Å². The lowest BCUT2D eigenvalue weighted by Crippen LogP contribution is -2.13. The maximum absolute atomic E-state index is 12.9. The summed E-state index contributed by atoms with van der Waals surface area (Å²) < 4.78 is 34.2. The van der Waals surface area contributed by atoms with Gasteiger partial charge in [-0.25, -0.2) is 8.42 Å². The number of ether oxygens (including phenoxy) is 1. The third kappa shape index (κ3) is 6.09. The van der Waals surface area contributed by atoms with Crippen molar-refractivity contribution >= 4 is 15.7 Å². The number of para-hydroxylation sites is 3. The Morgan fingerprint density at radius 3 is 2.21 bits per heavy atom. The van der Waals surface area contributed by atoms with Crippen LogP contribution in [0.2, 0.25) is 0 Å². The molecular weight excluding hydrogens is 382 g/mol. The third-order valence-corrected chi connectivity index (χ3v) is 6.04. The molecule has 0 radical (unpaired) electrons. The van der Waals surface area contributed by atoms with Crippen LogP contribution in [0.1, 0.15) is 38.2 Å². The molecule has 0 saturated carbocycles. The largest absolute Gasteiger partial charge is 0.455 e. The van der Waals surface area contributed by atoms with Crippen molar-refractivity contribution in [2.24, 2.45) is 0 Å². The molecule has 0 aliphatic heterocycles. The fraction of sp³-hybridized carbons (Fsp3) is 0.250. The van der Waals surface area contributed by atoms with Crippen LogP contribution in [0, 0.1) is 0 Å². The molecule has 152 valence electrons. The molecule has 0 fully saturated rings. The number of hydrogen-bond donors (Lipinski definition) is 1. The predicted octanol–water partition coefficient (Wildman–Crippen LogP) is 6.40. The first-order chi connectivity index (χ1) is 14.1. The van der Waals surface area contributed by atoms with Gasteiger partial charge in [-0.1, -0.05) is 68.7 Å². The fourth-order valence-corrected chi connectivity index (χ4v) is 4.12. The zero-order valence-corrected chi connectivity index (χ0v) is 17.5. The summed E-state index contributed by atoms with van der Waals surface area (Å²) in [4.78, 5) is 0.240. The third-order valence-electron chi connectivity index (χ3n) is 4.66. The van der Waals surface area contributed by atoms with Gasteiger partial charge in [0.1, 0.15) is 5.75 Å². The van der Waals surface area contributed by atoms with Crippen molar-refractivity contribution in [3.05, 3.63) is 84.4 Å². The van der Waals surface area contributed by atoms with Crippen LogP contribution in [0.15, 0.2) is 83.8 Å². The van der Waals surface area contributed by atoms with E-state index in [0.29, 0.717) is 17.2 Å². The minimum atomic E-state index is -3.70. The van der Waals surface area contributed by atoms with E-state index in [4.69, 9.17) is 4.74 Å². The summed E-state index contributed by atoms with van der Waals surface area (Å²) in [5, 5.41) is 0. The summed E-state index contributed by atoms with van der Waals surface area (Å²) in [6.45, 7) is 2.19. The van der Waals surface area contributed by atoms with Crippen molar-refractivity contribution in [2.75, 3.05) is 4.72 Å². The minimum absolute atomic E-state index is 0.240. The van der Waals surface area contributed by atoms with Gasteiger partial charge in [0.25, 0.3) is 10.0 Å². The zero-order valence-electron chi connectivity index (χ0n) is 16.7. The summed E-state index contributed by atoms with van der Waals surface area (Å²) in [7, 11) is -3.70. The summed E-state index contributed by atoms with van der Waals surface area (Å²) in [6, 6.07) is 23.4. The molecule has 0 bridgehead atoms. The van der Waals surface area contributed by atoms with Crippen LogP contribution in [0.3, 0.4) is 0 Å². The molecule has 5 heteroatoms. The van der Waals surface area contributed by atoms with Crippen LogP contribution in [0.25, 0.3) is 0 Å². The number of hydrogen-bond acceptors (Lipinski definition) is 3. The molecule has 0 spiro atoms. The van der Waals surface area contributed by atoms with Gasteiger partial charge < -0.3 is 4.74 Å². The molecule has 0 aliphatic carbocycles. The van der Waals surface area contributed by atoms with Gasteiger partial charge in [-0.2, -0.15) is 0 Å². The van der Waals surface area contributed by atoms with E-state index in [1.54, 1.807) is 30.3 Å². The second kappa shape index (κ2) is 10.1. The Morgan fingerprint density at radius 2 is 1.48 bits per heavy atom. The summed E-state index contributed by atoms with van der Waals surface area (Å²) in [6.07, 6.45) is 5.75. The molecule has 0 unspecified atom stereocenters. The molecule has 0 atom stereocenters. The van der Waals surface area contributed by atoms with Gasteiger partial charge in [0.15, 0.2) is 5.75 Å². The highest BCUT2D eigenvalue weighted by molar-refractivity contribution is 7.92. The molecule has 0 amide bonds. The van der Waals surface area contributed by atoms with Crippen molar-refractivity contribution in [3.63, 3.8) is 0 Å². The lowest BCUT2D eigenvalue weighted by molar-refractivity contribution is 0.485. The predicted molar refractivity (Wildman–Crippen MR) is 118 cm³/mol. The Morgan fingerprint density at radius 1 is 0.793 bits per heavy atom. The van der Waals surface area contributed by atoms with E-state index in [0.717, 1.165) is 18.4 Å². The van der Waals surface area contributed by atoms with Crippen molar-refractivity contribution in [3.8, 4) is 11.5 Å². The second-order valence-electron chi connectivity index (χ2n) is 6.97. The summed E-state index contributed by atoms with van der Waals surface area (Å²) >= 11 is 0. The highest BCUT2D eigenvalue weighted by atomic mass is 32.2. The van der Waals surface area contributed by atoms with Gasteiger partial charge in [-0.15, -0.1) is 0 Å². The van der Waals surface area contributed by atoms with Crippen LogP contribution in [0.5, 0.6) is 11.5 Å². The molecule has 0 aromatic heterocycles. The summed E-state index contributed by atoms with van der Waals surface area (Å²) in [5.41, 5.74) is 1.56. The number of anilines is 1. The first-order valence-corrected chi connectivity index (χ1v) is 11.5. The number of nitrogens with one attached hydrogen (secondary N) is 1. The van der Waals surface area contributed by atoms with Gasteiger partial charge in [-0.05, 0) is 54.8 Å². The van der Waals surface area contributed by atoms with Gasteiger partial charge in [0, 0.05) is 0 Å². The van der Waals surface area contributed by atoms with Gasteiger partial charge in [-0.3, -0.25) is 4.72 Å². The van der Waals surface area contributed by atoms with Crippen molar-refractivity contribution in [2.45, 2.75) is 43.9 Å². The average molecular weight is 410 g/mol. The van der Waals surface area contributed by atoms with Crippen LogP contribution >= 0.6 is 0 Å². The molecule has 0 heterocycles. The molecule has 1 N–H and O–H groups in total. The Bertz CT molecular complexity index is 1000. The fourth-order valence-electron chi connectivity index (χ4n) is 3.05. The highest BCUT2D eigenvalue weighted by Gasteiger charge is 2.16. The van der Waals surface area contributed by atoms with E-state index < -0.39 is 10.0 Å². The maximum atomic E-state index is 12.9. The lowest BCUT2D eigenvalue weighted by atomic mass is 10.1. The Balaban J connectivity index is 1.71. The minimum Gasteiger partial charge on any atom is -0.455 e. The van der Waals surface area contributed by atoms with E-state index in [9.17, 15) is 8.42 Å². The molecular formula is C24H27NO3S. The van der Waals surface area contributed by atoms with E-state index in [1.807, 2.05) is 48.5 Å². The number of benzene rings is 3. The van der Waals surface area contributed by atoms with Crippen LogP contribution in [-0.2, 0) is 16.4 Å². The monoisotopic (exact) mass is 409 g/mol. The topological polar surface area (TPSA) is 55.4 Å². The lowest BCUT2D eigenvalue weighted by Gasteiger charge is -2.13. The molecule has 3 rings (SSSR count). The first kappa shape index (κ1) is 20.9. The number of rotatable bonds is 10. The zero-order chi connectivity index (χ0) is 20.5. The van der Waals surface area contributed by atoms with E-state index in [-0.39, 0.29) is 4.90 Å². The van der Waals surface area contributed by atoms with Crippen LogP contribution in [-0.4, -0.2) is 8.42 Å². The van der Waals surface area contributed by atoms with E-state index >= 15 is 0 Å². The molecule has 4 nitrogen and oxygen atoms in total. The standard InChI is InChI=1S/C24H27NO3S/c1-2-3-4-6-11-20-16-18-22(19-17-20)29(26,27)25-23-14-9-10-15-24(23)28-21-12-7-5-8-13-21/h5,7-10,12-19,25H,2-4,6,11H2,1H3. The molecule has 0 aliphatic rings. The van der Waals surface area contributed by atoms with Crippen LogP contribution in [0.4, 0.5) is 5.69 Å². The Kier molecular flexibility index (Phi) is 7.30. The summed E-state index contributed by atoms with van der Waals surface area (Å²) in [5.74, 6) is 1.10. The van der Waals surface area contributed by atoms with Crippen molar-refractivity contribution < 1.29 is 13.2 Å². The molecule has 29 heavy (non-hydrogen) atoms. The normalized spacial score (nSPS) is 11.2. The first-order valence-electron chi connectivity index (χ1n) is 10.0. The molecule has 0 saturated heterocycles.